The normalized spacial score (nSPS) is 13.9. The van der Waals surface area contributed by atoms with Crippen LogP contribution < -0.4 is 4.90 Å². The first-order chi connectivity index (χ1) is 25.2. The Bertz CT molecular complexity index is 2620. The summed E-state index contributed by atoms with van der Waals surface area (Å²) in [5.41, 5.74) is 11.1. The summed E-state index contributed by atoms with van der Waals surface area (Å²) in [6, 6.07) is 62.0. The molecule has 7 aromatic carbocycles. The van der Waals surface area contributed by atoms with Crippen LogP contribution in [0.1, 0.15) is 21.9 Å². The van der Waals surface area contributed by atoms with Crippen LogP contribution in [-0.2, 0) is 6.42 Å². The summed E-state index contributed by atoms with van der Waals surface area (Å²) < 4.78 is 4.07. The van der Waals surface area contributed by atoms with E-state index >= 15 is 0 Å². The van der Waals surface area contributed by atoms with E-state index in [1.807, 2.05) is 22.7 Å². The van der Waals surface area contributed by atoms with Crippen molar-refractivity contribution >= 4 is 76.1 Å². The van der Waals surface area contributed by atoms with Crippen molar-refractivity contribution in [3.8, 4) is 22.3 Å². The number of hydrogen-bond donors (Lipinski definition) is 0. The topological polar surface area (TPSA) is 3.24 Å². The van der Waals surface area contributed by atoms with Crippen molar-refractivity contribution in [1.29, 1.82) is 0 Å². The molecule has 1 nitrogen and oxygen atoms in total. The molecule has 0 amide bonds. The lowest BCUT2D eigenvalue weighted by Gasteiger charge is -2.26. The van der Waals surface area contributed by atoms with E-state index in [2.05, 4.69) is 187 Å². The van der Waals surface area contributed by atoms with Crippen LogP contribution in [0.4, 0.5) is 17.1 Å². The highest BCUT2D eigenvalue weighted by Crippen LogP contribution is 2.45. The van der Waals surface area contributed by atoms with Gasteiger partial charge in [0.1, 0.15) is 0 Å². The van der Waals surface area contributed by atoms with Gasteiger partial charge in [-0.3, -0.25) is 0 Å². The molecule has 242 valence electrons. The lowest BCUT2D eigenvalue weighted by Crippen LogP contribution is -2.09. The third kappa shape index (κ3) is 5.47. The highest BCUT2D eigenvalue weighted by Gasteiger charge is 2.22. The number of rotatable bonds is 6. The molecule has 2 aromatic heterocycles. The van der Waals surface area contributed by atoms with Gasteiger partial charge >= 0.3 is 0 Å². The van der Waals surface area contributed by atoms with E-state index in [1.54, 1.807) is 0 Å². The highest BCUT2D eigenvalue weighted by atomic mass is 32.1. The molecule has 0 N–H and O–H groups in total. The summed E-state index contributed by atoms with van der Waals surface area (Å²) >= 11 is 3.84. The number of anilines is 3. The molecule has 1 aliphatic carbocycles. The summed E-state index contributed by atoms with van der Waals surface area (Å²) in [5.74, 6) is 0.371. The Kier molecular flexibility index (Phi) is 7.41. The van der Waals surface area contributed by atoms with E-state index in [0.717, 1.165) is 23.5 Å². The van der Waals surface area contributed by atoms with Gasteiger partial charge in [0.2, 0.25) is 0 Å². The third-order valence-corrected chi connectivity index (χ3v) is 12.6. The number of nitrogens with zero attached hydrogens (tertiary/aromatic N) is 1. The van der Waals surface area contributed by atoms with Gasteiger partial charge < -0.3 is 4.90 Å². The van der Waals surface area contributed by atoms with Crippen molar-refractivity contribution in [2.75, 3.05) is 4.90 Å². The Labute approximate surface area is 306 Å². The van der Waals surface area contributed by atoms with E-state index in [4.69, 9.17) is 0 Å². The van der Waals surface area contributed by atoms with Crippen molar-refractivity contribution in [2.45, 2.75) is 12.3 Å². The molecule has 0 saturated carbocycles. The molecule has 0 saturated heterocycles. The van der Waals surface area contributed by atoms with E-state index in [0.29, 0.717) is 5.92 Å². The summed E-state index contributed by atoms with van der Waals surface area (Å²) in [5, 5.41) is 4.07. The average molecular weight is 688 g/mol. The van der Waals surface area contributed by atoms with E-state index < -0.39 is 0 Å². The van der Waals surface area contributed by atoms with Gasteiger partial charge in [0, 0.05) is 58.1 Å². The van der Waals surface area contributed by atoms with Crippen LogP contribution in [0, 0.1) is 0 Å². The number of hydrogen-bond acceptors (Lipinski definition) is 3. The second kappa shape index (κ2) is 12.5. The van der Waals surface area contributed by atoms with Crippen LogP contribution in [0.3, 0.4) is 0 Å². The molecular weight excluding hydrogens is 655 g/mol. The van der Waals surface area contributed by atoms with Gasteiger partial charge in [-0.25, -0.2) is 0 Å². The second-order valence-corrected chi connectivity index (χ2v) is 15.5. The molecule has 1 atom stereocenters. The van der Waals surface area contributed by atoms with Gasteiger partial charge in [0.15, 0.2) is 0 Å². The molecule has 10 rings (SSSR count). The fourth-order valence-corrected chi connectivity index (χ4v) is 9.94. The number of thiophene rings is 2. The molecular formula is C48H33NS2. The molecule has 51 heavy (non-hydrogen) atoms. The third-order valence-electron chi connectivity index (χ3n) is 10.2. The predicted octanol–water partition coefficient (Wildman–Crippen LogP) is 14.4. The Balaban J connectivity index is 1.02. The van der Waals surface area contributed by atoms with Crippen LogP contribution in [-0.4, -0.2) is 0 Å². The first-order valence-corrected chi connectivity index (χ1v) is 19.1. The molecule has 1 unspecified atom stereocenters. The van der Waals surface area contributed by atoms with Crippen molar-refractivity contribution in [1.82, 2.24) is 0 Å². The molecule has 0 spiro atoms. The molecule has 3 heteroatoms. The Morgan fingerprint density at radius 2 is 0.980 bits per heavy atom. The minimum absolute atomic E-state index is 0.371. The highest BCUT2D eigenvalue weighted by molar-refractivity contribution is 7.25. The maximum Gasteiger partial charge on any atom is 0.0468 e. The van der Waals surface area contributed by atoms with Crippen molar-refractivity contribution in [3.05, 3.63) is 192 Å². The zero-order valence-corrected chi connectivity index (χ0v) is 29.5. The summed E-state index contributed by atoms with van der Waals surface area (Å²) in [7, 11) is 0. The summed E-state index contributed by atoms with van der Waals surface area (Å²) in [6.07, 6.45) is 5.84. The van der Waals surface area contributed by atoms with Gasteiger partial charge in [-0.05, 0) is 100 Å². The second-order valence-electron chi connectivity index (χ2n) is 13.3. The summed E-state index contributed by atoms with van der Waals surface area (Å²) in [6.45, 7) is 0. The van der Waals surface area contributed by atoms with E-state index in [-0.39, 0.29) is 0 Å². The molecule has 1 aliphatic rings. The van der Waals surface area contributed by atoms with Crippen molar-refractivity contribution < 1.29 is 0 Å². The van der Waals surface area contributed by atoms with Gasteiger partial charge in [0.05, 0.1) is 0 Å². The van der Waals surface area contributed by atoms with Gasteiger partial charge in [-0.15, -0.1) is 22.7 Å². The zero-order chi connectivity index (χ0) is 33.7. The first kappa shape index (κ1) is 30.1. The monoisotopic (exact) mass is 687 g/mol. The molecule has 0 aliphatic heterocycles. The Morgan fingerprint density at radius 1 is 0.431 bits per heavy atom. The largest absolute Gasteiger partial charge is 0.310 e. The predicted molar refractivity (Wildman–Crippen MR) is 222 cm³/mol. The smallest absolute Gasteiger partial charge is 0.0468 e. The number of benzene rings is 7. The quantitative estimate of drug-likeness (QED) is 0.168. The fourth-order valence-electron chi connectivity index (χ4n) is 7.63. The van der Waals surface area contributed by atoms with Crippen LogP contribution in [0.15, 0.2) is 176 Å². The van der Waals surface area contributed by atoms with Gasteiger partial charge in [-0.2, -0.15) is 0 Å². The molecule has 9 aromatic rings. The van der Waals surface area contributed by atoms with E-state index in [9.17, 15) is 0 Å². The van der Waals surface area contributed by atoms with Crippen LogP contribution in [0.5, 0.6) is 0 Å². The Hall–Kier alpha value is -5.74. The first-order valence-electron chi connectivity index (χ1n) is 17.5. The van der Waals surface area contributed by atoms with Gasteiger partial charge in [0.25, 0.3) is 0 Å². The van der Waals surface area contributed by atoms with Crippen molar-refractivity contribution in [3.63, 3.8) is 0 Å². The standard InChI is InChI=1S/C48H33NS2/c1-3-9-32(10-4-1)34-15-21-38(22-16-34)49(39-23-17-35(18-24-39)33-11-5-2-6-12-33)40-25-28-47-44(31-40)42-26-19-37(30-48(42)51-47)36-20-27-46-43(29-36)41-13-7-8-14-45(41)50-46/h1-29,31,37H,30H2. The van der Waals surface area contributed by atoms with Gasteiger partial charge in [-0.1, -0.05) is 121 Å². The minimum Gasteiger partial charge on any atom is -0.310 e. The van der Waals surface area contributed by atoms with Crippen LogP contribution in [0.25, 0.3) is 58.6 Å². The average Bonchev–Trinajstić information content (AvgIpc) is 3.76. The maximum absolute atomic E-state index is 2.43. The lowest BCUT2D eigenvalue weighted by atomic mass is 9.88. The fraction of sp³-hybridized carbons (Fsp3) is 0.0417. The molecule has 0 fully saturated rings. The number of allylic oxidation sites excluding steroid dienone is 1. The SMILES string of the molecule is C1=CC(c2ccc3sc4ccccc4c3c2)Cc2sc3ccc(N(c4ccc(-c5ccccc5)cc4)c4ccc(-c5ccccc5)cc4)cc3c21. The van der Waals surface area contributed by atoms with Crippen LogP contribution >= 0.6 is 22.7 Å². The summed E-state index contributed by atoms with van der Waals surface area (Å²) in [4.78, 5) is 3.86. The zero-order valence-electron chi connectivity index (χ0n) is 27.9. The minimum atomic E-state index is 0.371. The molecule has 2 heterocycles. The number of fused-ring (bicyclic) bond motifs is 6. The van der Waals surface area contributed by atoms with E-state index in [1.165, 1.54) is 68.5 Å². The molecule has 0 radical (unpaired) electrons. The maximum atomic E-state index is 2.43. The van der Waals surface area contributed by atoms with Crippen molar-refractivity contribution in [2.24, 2.45) is 0 Å². The van der Waals surface area contributed by atoms with Crippen LogP contribution in [0.2, 0.25) is 0 Å². The lowest BCUT2D eigenvalue weighted by molar-refractivity contribution is 0.844. The Morgan fingerprint density at radius 3 is 1.67 bits per heavy atom. The molecule has 0 bridgehead atoms.